The van der Waals surface area contributed by atoms with Crippen LogP contribution in [-0.2, 0) is 13.0 Å². The van der Waals surface area contributed by atoms with Crippen LogP contribution in [0.5, 0.6) is 23.0 Å². The van der Waals surface area contributed by atoms with E-state index >= 15 is 0 Å². The monoisotopic (exact) mass is 515 g/mol. The van der Waals surface area contributed by atoms with Crippen LogP contribution < -0.4 is 24.3 Å². The van der Waals surface area contributed by atoms with Crippen LogP contribution in [0.1, 0.15) is 34.7 Å². The number of carbonyl (C=O) groups excluding carboxylic acids is 1. The number of imidazole rings is 1. The number of methoxy groups -OCH3 is 3. The Labute approximate surface area is 222 Å². The van der Waals surface area contributed by atoms with Gasteiger partial charge in [0, 0.05) is 5.56 Å². The number of carbonyl (C=O) groups is 1. The highest BCUT2D eigenvalue weighted by Gasteiger charge is 2.20. The Hall–Kier alpha value is -4.46. The summed E-state index contributed by atoms with van der Waals surface area (Å²) in [5.41, 5.74) is 3.38. The number of rotatable bonds is 12. The third-order valence-electron chi connectivity index (χ3n) is 6.25. The lowest BCUT2D eigenvalue weighted by Gasteiger charge is -2.18. The molecule has 4 rings (SSSR count). The van der Waals surface area contributed by atoms with Crippen LogP contribution in [0.4, 0.5) is 0 Å². The van der Waals surface area contributed by atoms with Crippen LogP contribution in [-0.4, -0.2) is 43.4 Å². The van der Waals surface area contributed by atoms with Crippen LogP contribution in [0.15, 0.2) is 73.3 Å². The first kappa shape index (κ1) is 26.6. The Morgan fingerprint density at radius 3 is 2.42 bits per heavy atom. The molecule has 0 aliphatic carbocycles. The highest BCUT2D eigenvalue weighted by molar-refractivity contribution is 5.95. The quantitative estimate of drug-likeness (QED) is 0.256. The van der Waals surface area contributed by atoms with Gasteiger partial charge in [-0.25, -0.2) is 4.98 Å². The van der Waals surface area contributed by atoms with Crippen molar-refractivity contribution in [1.82, 2.24) is 14.9 Å². The molecule has 1 amide bonds. The molecule has 0 bridgehead atoms. The first-order valence-corrected chi connectivity index (χ1v) is 12.4. The first-order valence-electron chi connectivity index (χ1n) is 12.4. The van der Waals surface area contributed by atoms with Crippen molar-refractivity contribution in [3.63, 3.8) is 0 Å². The smallest absolute Gasteiger partial charge is 0.251 e. The Morgan fingerprint density at radius 2 is 1.68 bits per heavy atom. The van der Waals surface area contributed by atoms with Gasteiger partial charge in [0.15, 0.2) is 23.0 Å². The number of allylic oxidation sites excluding steroid dienone is 1. The van der Waals surface area contributed by atoms with Crippen LogP contribution in [0.3, 0.4) is 0 Å². The van der Waals surface area contributed by atoms with Crippen LogP contribution in [0.25, 0.3) is 11.0 Å². The van der Waals surface area contributed by atoms with E-state index in [1.165, 1.54) is 7.11 Å². The Balaban J connectivity index is 1.53. The average molecular weight is 516 g/mol. The van der Waals surface area contributed by atoms with E-state index in [1.54, 1.807) is 32.4 Å². The molecule has 0 aliphatic rings. The average Bonchev–Trinajstić information content (AvgIpc) is 3.32. The number of benzene rings is 3. The number of hydrogen-bond acceptors (Lipinski definition) is 6. The zero-order chi connectivity index (χ0) is 27.1. The summed E-state index contributed by atoms with van der Waals surface area (Å²) in [6, 6.07) is 18.5. The molecule has 0 saturated carbocycles. The van der Waals surface area contributed by atoms with E-state index in [1.807, 2.05) is 55.5 Å². The number of amides is 1. The minimum absolute atomic E-state index is 0.238. The van der Waals surface area contributed by atoms with Crippen LogP contribution in [0, 0.1) is 0 Å². The van der Waals surface area contributed by atoms with E-state index in [0.29, 0.717) is 41.7 Å². The highest BCUT2D eigenvalue weighted by atomic mass is 16.5. The molecule has 3 aromatic carbocycles. The minimum Gasteiger partial charge on any atom is -0.493 e. The maximum absolute atomic E-state index is 13.1. The number of ether oxygens (including phenoxy) is 4. The number of nitrogens with one attached hydrogen (secondary N) is 1. The summed E-state index contributed by atoms with van der Waals surface area (Å²) in [5, 5.41) is 3.06. The molecule has 1 N–H and O–H groups in total. The molecule has 198 valence electrons. The maximum Gasteiger partial charge on any atom is 0.251 e. The summed E-state index contributed by atoms with van der Waals surface area (Å²) in [7, 11) is 4.73. The molecule has 1 heterocycles. The molecule has 0 saturated heterocycles. The minimum atomic E-state index is -0.365. The lowest BCUT2D eigenvalue weighted by Crippen LogP contribution is -2.29. The number of para-hydroxylation sites is 2. The third kappa shape index (κ3) is 5.75. The van der Waals surface area contributed by atoms with E-state index in [9.17, 15) is 4.79 Å². The van der Waals surface area contributed by atoms with E-state index < -0.39 is 0 Å². The van der Waals surface area contributed by atoms with E-state index in [2.05, 4.69) is 16.5 Å². The topological polar surface area (TPSA) is 83.8 Å². The lowest BCUT2D eigenvalue weighted by atomic mass is 10.1. The van der Waals surface area contributed by atoms with Crippen molar-refractivity contribution < 1.29 is 23.7 Å². The van der Waals surface area contributed by atoms with Gasteiger partial charge in [-0.3, -0.25) is 4.79 Å². The lowest BCUT2D eigenvalue weighted by molar-refractivity contribution is 0.0937. The number of hydrogen-bond donors (Lipinski definition) is 1. The fraction of sp³-hybridized carbons (Fsp3) is 0.267. The molecule has 0 aliphatic heterocycles. The molecule has 1 atom stereocenters. The van der Waals surface area contributed by atoms with Crippen molar-refractivity contribution >= 4 is 16.9 Å². The Bertz CT molecular complexity index is 1430. The van der Waals surface area contributed by atoms with Gasteiger partial charge < -0.3 is 28.8 Å². The van der Waals surface area contributed by atoms with Gasteiger partial charge >= 0.3 is 0 Å². The molecule has 0 radical (unpaired) electrons. The summed E-state index contributed by atoms with van der Waals surface area (Å²) in [6.07, 6.45) is 2.61. The molecule has 1 aromatic heterocycles. The van der Waals surface area contributed by atoms with E-state index in [0.717, 1.165) is 28.8 Å². The Morgan fingerprint density at radius 1 is 0.974 bits per heavy atom. The molecular weight excluding hydrogens is 482 g/mol. The van der Waals surface area contributed by atoms with Crippen LogP contribution >= 0.6 is 0 Å². The largest absolute Gasteiger partial charge is 0.493 e. The predicted octanol–water partition coefficient (Wildman–Crippen LogP) is 5.36. The predicted molar refractivity (Wildman–Crippen MR) is 148 cm³/mol. The maximum atomic E-state index is 13.1. The van der Waals surface area contributed by atoms with Crippen molar-refractivity contribution in [3.8, 4) is 23.0 Å². The van der Waals surface area contributed by atoms with Gasteiger partial charge in [0.1, 0.15) is 12.4 Å². The normalized spacial score (nSPS) is 11.6. The molecule has 4 aromatic rings. The van der Waals surface area contributed by atoms with Gasteiger partial charge in [0.2, 0.25) is 0 Å². The second-order valence-corrected chi connectivity index (χ2v) is 8.70. The number of aromatic nitrogens is 2. The van der Waals surface area contributed by atoms with Gasteiger partial charge in [-0.05, 0) is 61.4 Å². The second-order valence-electron chi connectivity index (χ2n) is 8.70. The standard InChI is InChI=1S/C30H33N3O5/c1-6-9-21-12-14-26(27(18-21)36-4)38-17-16-33-24-11-8-7-10-23(24)32-29(33)20(2)31-30(34)22-13-15-25(35-3)28(19-22)37-5/h6-8,10-15,18-20H,1,9,16-17H2,2-5H3,(H,31,34). The van der Waals surface area contributed by atoms with E-state index in [-0.39, 0.29) is 11.9 Å². The SMILES string of the molecule is C=CCc1ccc(OCCn2c(C(C)NC(=O)c3ccc(OC)c(OC)c3)nc3ccccc32)c(OC)c1. The van der Waals surface area contributed by atoms with E-state index in [4.69, 9.17) is 23.9 Å². The van der Waals surface area contributed by atoms with Gasteiger partial charge in [0.05, 0.1) is 44.9 Å². The molecule has 8 heteroatoms. The molecule has 8 nitrogen and oxygen atoms in total. The molecular formula is C30H33N3O5. The number of fused-ring (bicyclic) bond motifs is 1. The molecule has 38 heavy (non-hydrogen) atoms. The number of nitrogens with zero attached hydrogens (tertiary/aromatic N) is 2. The van der Waals surface area contributed by atoms with Crippen molar-refractivity contribution in [3.05, 3.63) is 90.3 Å². The fourth-order valence-corrected chi connectivity index (χ4v) is 4.35. The summed E-state index contributed by atoms with van der Waals surface area (Å²) < 4.78 is 24.3. The third-order valence-corrected chi connectivity index (χ3v) is 6.25. The first-order chi connectivity index (χ1) is 18.5. The summed E-state index contributed by atoms with van der Waals surface area (Å²) >= 11 is 0. The fourth-order valence-electron chi connectivity index (χ4n) is 4.35. The zero-order valence-electron chi connectivity index (χ0n) is 22.2. The van der Waals surface area contributed by atoms with Crippen molar-refractivity contribution in [1.29, 1.82) is 0 Å². The van der Waals surface area contributed by atoms with Crippen molar-refractivity contribution in [2.24, 2.45) is 0 Å². The van der Waals surface area contributed by atoms with Gasteiger partial charge in [-0.2, -0.15) is 0 Å². The highest BCUT2D eigenvalue weighted by Crippen LogP contribution is 2.30. The van der Waals surface area contributed by atoms with Crippen molar-refractivity contribution in [2.45, 2.75) is 25.9 Å². The molecule has 0 fully saturated rings. The zero-order valence-corrected chi connectivity index (χ0v) is 22.2. The Kier molecular flexibility index (Phi) is 8.53. The molecule has 1 unspecified atom stereocenters. The van der Waals surface area contributed by atoms with Crippen molar-refractivity contribution in [2.75, 3.05) is 27.9 Å². The summed E-state index contributed by atoms with van der Waals surface area (Å²) in [6.45, 7) is 6.63. The second kappa shape index (κ2) is 12.2. The van der Waals surface area contributed by atoms with Gasteiger partial charge in [-0.1, -0.05) is 24.3 Å². The summed E-state index contributed by atoms with van der Waals surface area (Å²) in [5.74, 6) is 2.89. The molecule has 0 spiro atoms. The van der Waals surface area contributed by atoms with Gasteiger partial charge in [-0.15, -0.1) is 6.58 Å². The van der Waals surface area contributed by atoms with Gasteiger partial charge in [0.25, 0.3) is 5.91 Å². The van der Waals surface area contributed by atoms with Crippen LogP contribution in [0.2, 0.25) is 0 Å². The summed E-state index contributed by atoms with van der Waals surface area (Å²) in [4.78, 5) is 17.9.